The van der Waals surface area contributed by atoms with E-state index in [1.807, 2.05) is 18.2 Å². The van der Waals surface area contributed by atoms with E-state index in [0.29, 0.717) is 12.0 Å². The van der Waals surface area contributed by atoms with E-state index in [4.69, 9.17) is 5.26 Å². The monoisotopic (exact) mass is 296 g/mol. The van der Waals surface area contributed by atoms with Crippen molar-refractivity contribution in [2.24, 2.45) is 0 Å². The van der Waals surface area contributed by atoms with Crippen molar-refractivity contribution in [3.05, 3.63) is 41.2 Å². The van der Waals surface area contributed by atoms with Gasteiger partial charge in [-0.15, -0.1) is 10.2 Å². The van der Waals surface area contributed by atoms with E-state index in [-0.39, 0.29) is 0 Å². The number of hydrogen-bond donors (Lipinski definition) is 0. The predicted octanol–water partition coefficient (Wildman–Crippen LogP) is 3.65. The normalized spacial score (nSPS) is 17.7. The van der Waals surface area contributed by atoms with Gasteiger partial charge in [0.2, 0.25) is 0 Å². The summed E-state index contributed by atoms with van der Waals surface area (Å²) in [6.45, 7) is 0. The zero-order chi connectivity index (χ0) is 14.2. The van der Waals surface area contributed by atoms with Gasteiger partial charge in [0.1, 0.15) is 5.82 Å². The summed E-state index contributed by atoms with van der Waals surface area (Å²) in [6, 6.07) is 10.6. The molecule has 0 amide bonds. The number of thioether (sulfide) groups is 1. The van der Waals surface area contributed by atoms with Gasteiger partial charge >= 0.3 is 0 Å². The standard InChI is InChI=1S/C16H16N4S/c17-9-11-2-1-3-12(8-11)10-21-16-19-18-15(13-4-5-13)20(16)14-6-7-14/h1-3,8,13-14H,4-7,10H2. The van der Waals surface area contributed by atoms with Crippen LogP contribution in [0.25, 0.3) is 0 Å². The third kappa shape index (κ3) is 2.68. The van der Waals surface area contributed by atoms with E-state index in [2.05, 4.69) is 26.9 Å². The number of nitrogens with zero attached hydrogens (tertiary/aromatic N) is 4. The average molecular weight is 296 g/mol. The minimum atomic E-state index is 0.628. The molecule has 4 rings (SSSR count). The van der Waals surface area contributed by atoms with Crippen molar-refractivity contribution in [2.45, 2.75) is 48.6 Å². The fourth-order valence-electron chi connectivity index (χ4n) is 2.56. The first-order chi connectivity index (χ1) is 10.3. The molecule has 2 aliphatic carbocycles. The maximum absolute atomic E-state index is 8.96. The maximum Gasteiger partial charge on any atom is 0.191 e. The molecule has 1 aromatic carbocycles. The molecule has 0 N–H and O–H groups in total. The Kier molecular flexibility index (Phi) is 3.19. The summed E-state index contributed by atoms with van der Waals surface area (Å²) in [7, 11) is 0. The largest absolute Gasteiger partial charge is 0.303 e. The Morgan fingerprint density at radius 1 is 1.24 bits per heavy atom. The molecule has 1 heterocycles. The van der Waals surface area contributed by atoms with Crippen molar-refractivity contribution in [2.75, 3.05) is 0 Å². The Hall–Kier alpha value is -1.80. The van der Waals surface area contributed by atoms with Crippen LogP contribution in [0.4, 0.5) is 0 Å². The fraction of sp³-hybridized carbons (Fsp3) is 0.438. The molecule has 2 aromatic rings. The Balaban J connectivity index is 1.53. The molecule has 0 aliphatic heterocycles. The quantitative estimate of drug-likeness (QED) is 0.790. The molecular formula is C16H16N4S. The van der Waals surface area contributed by atoms with Gasteiger partial charge in [-0.25, -0.2) is 0 Å². The summed E-state index contributed by atoms with van der Waals surface area (Å²) in [4.78, 5) is 0. The lowest BCUT2D eigenvalue weighted by molar-refractivity contribution is 0.627. The highest BCUT2D eigenvalue weighted by Crippen LogP contribution is 2.46. The van der Waals surface area contributed by atoms with Crippen LogP contribution >= 0.6 is 11.8 Å². The van der Waals surface area contributed by atoms with Gasteiger partial charge in [0, 0.05) is 17.7 Å². The van der Waals surface area contributed by atoms with E-state index < -0.39 is 0 Å². The average Bonchev–Trinajstić information content (AvgIpc) is 3.44. The van der Waals surface area contributed by atoms with Gasteiger partial charge in [0.05, 0.1) is 11.6 Å². The topological polar surface area (TPSA) is 54.5 Å². The maximum atomic E-state index is 8.96. The third-order valence-corrected chi connectivity index (χ3v) is 4.98. The highest BCUT2D eigenvalue weighted by molar-refractivity contribution is 7.98. The van der Waals surface area contributed by atoms with E-state index in [9.17, 15) is 0 Å². The SMILES string of the molecule is N#Cc1cccc(CSc2nnc(C3CC3)n2C2CC2)c1. The zero-order valence-corrected chi connectivity index (χ0v) is 12.5. The minimum absolute atomic E-state index is 0.628. The summed E-state index contributed by atoms with van der Waals surface area (Å²) < 4.78 is 2.37. The van der Waals surface area contributed by atoms with Gasteiger partial charge in [0.15, 0.2) is 5.16 Å². The van der Waals surface area contributed by atoms with Crippen LogP contribution < -0.4 is 0 Å². The summed E-state index contributed by atoms with van der Waals surface area (Å²) in [6.07, 6.45) is 5.05. The van der Waals surface area contributed by atoms with Gasteiger partial charge < -0.3 is 4.57 Å². The summed E-state index contributed by atoms with van der Waals surface area (Å²) in [5, 5.41) is 18.8. The Morgan fingerprint density at radius 2 is 2.10 bits per heavy atom. The molecule has 0 bridgehead atoms. The lowest BCUT2D eigenvalue weighted by Crippen LogP contribution is -2.01. The highest BCUT2D eigenvalue weighted by atomic mass is 32.2. The Bertz CT molecular complexity index is 707. The van der Waals surface area contributed by atoms with Crippen LogP contribution in [-0.4, -0.2) is 14.8 Å². The first kappa shape index (κ1) is 12.9. The van der Waals surface area contributed by atoms with Crippen molar-refractivity contribution < 1.29 is 0 Å². The summed E-state index contributed by atoms with van der Waals surface area (Å²) in [5.41, 5.74) is 1.88. The van der Waals surface area contributed by atoms with Gasteiger partial charge in [0.25, 0.3) is 0 Å². The Morgan fingerprint density at radius 3 is 2.81 bits per heavy atom. The smallest absolute Gasteiger partial charge is 0.191 e. The fourth-order valence-corrected chi connectivity index (χ4v) is 3.52. The van der Waals surface area contributed by atoms with Crippen molar-refractivity contribution in [3.63, 3.8) is 0 Å². The van der Waals surface area contributed by atoms with Gasteiger partial charge in [-0.05, 0) is 43.4 Å². The van der Waals surface area contributed by atoms with E-state index in [1.54, 1.807) is 11.8 Å². The molecule has 5 heteroatoms. The molecule has 0 unspecified atom stereocenters. The number of aromatic nitrogens is 3. The molecule has 0 atom stereocenters. The molecule has 2 fully saturated rings. The lowest BCUT2D eigenvalue weighted by atomic mass is 10.2. The number of benzene rings is 1. The lowest BCUT2D eigenvalue weighted by Gasteiger charge is -2.08. The molecule has 0 saturated heterocycles. The van der Waals surface area contributed by atoms with Gasteiger partial charge in [-0.1, -0.05) is 23.9 Å². The van der Waals surface area contributed by atoms with Crippen LogP contribution in [0.1, 0.15) is 54.6 Å². The molecule has 21 heavy (non-hydrogen) atoms. The highest BCUT2D eigenvalue weighted by Gasteiger charge is 2.36. The van der Waals surface area contributed by atoms with E-state index in [1.165, 1.54) is 31.5 Å². The third-order valence-electron chi connectivity index (χ3n) is 3.97. The van der Waals surface area contributed by atoms with Crippen molar-refractivity contribution in [1.29, 1.82) is 5.26 Å². The van der Waals surface area contributed by atoms with Crippen LogP contribution in [0.3, 0.4) is 0 Å². The molecule has 0 radical (unpaired) electrons. The van der Waals surface area contributed by atoms with E-state index >= 15 is 0 Å². The van der Waals surface area contributed by atoms with Crippen LogP contribution in [0.15, 0.2) is 29.4 Å². The molecule has 0 spiro atoms. The van der Waals surface area contributed by atoms with Crippen LogP contribution in [0.2, 0.25) is 0 Å². The molecule has 106 valence electrons. The Labute approximate surface area is 128 Å². The molecule has 4 nitrogen and oxygen atoms in total. The summed E-state index contributed by atoms with van der Waals surface area (Å²) in [5.74, 6) is 2.69. The second kappa shape index (κ2) is 5.19. The zero-order valence-electron chi connectivity index (χ0n) is 11.7. The van der Waals surface area contributed by atoms with Crippen LogP contribution in [0.5, 0.6) is 0 Å². The second-order valence-electron chi connectivity index (χ2n) is 5.82. The number of nitriles is 1. The number of hydrogen-bond acceptors (Lipinski definition) is 4. The number of rotatable bonds is 5. The predicted molar refractivity (Wildman–Crippen MR) is 81.0 cm³/mol. The molecule has 2 saturated carbocycles. The molecule has 2 aliphatic rings. The second-order valence-corrected chi connectivity index (χ2v) is 6.76. The van der Waals surface area contributed by atoms with Gasteiger partial charge in [-0.3, -0.25) is 0 Å². The first-order valence-electron chi connectivity index (χ1n) is 7.42. The minimum Gasteiger partial charge on any atom is -0.303 e. The first-order valence-corrected chi connectivity index (χ1v) is 8.40. The van der Waals surface area contributed by atoms with Crippen molar-refractivity contribution in [1.82, 2.24) is 14.8 Å². The van der Waals surface area contributed by atoms with Gasteiger partial charge in [-0.2, -0.15) is 5.26 Å². The van der Waals surface area contributed by atoms with Crippen molar-refractivity contribution in [3.8, 4) is 6.07 Å². The molecule has 1 aromatic heterocycles. The van der Waals surface area contributed by atoms with Crippen LogP contribution in [0, 0.1) is 11.3 Å². The van der Waals surface area contributed by atoms with E-state index in [0.717, 1.165) is 22.0 Å². The summed E-state index contributed by atoms with van der Waals surface area (Å²) >= 11 is 1.73. The van der Waals surface area contributed by atoms with Crippen LogP contribution in [-0.2, 0) is 5.75 Å². The molecular weight excluding hydrogens is 280 g/mol. The van der Waals surface area contributed by atoms with Crippen molar-refractivity contribution >= 4 is 11.8 Å².